The van der Waals surface area contributed by atoms with E-state index in [0.29, 0.717) is 18.0 Å². The van der Waals surface area contributed by atoms with Crippen molar-refractivity contribution >= 4 is 5.91 Å². The second-order valence-corrected chi connectivity index (χ2v) is 5.31. The van der Waals surface area contributed by atoms with Crippen LogP contribution >= 0.6 is 0 Å². The first-order valence-corrected chi connectivity index (χ1v) is 7.66. The Hall–Kier alpha value is -2.82. The van der Waals surface area contributed by atoms with Gasteiger partial charge in [-0.1, -0.05) is 30.3 Å². The molecule has 0 aliphatic carbocycles. The summed E-state index contributed by atoms with van der Waals surface area (Å²) < 4.78 is 7.18. The minimum atomic E-state index is -0.193. The van der Waals surface area contributed by atoms with E-state index in [-0.39, 0.29) is 11.9 Å². The Bertz CT molecular complexity index is 776. The molecule has 1 N–H and O–H groups in total. The Balaban J connectivity index is 1.80. The first kappa shape index (κ1) is 15.1. The van der Waals surface area contributed by atoms with Gasteiger partial charge in [0.15, 0.2) is 11.5 Å². The van der Waals surface area contributed by atoms with E-state index in [0.717, 1.165) is 11.3 Å². The fourth-order valence-electron chi connectivity index (χ4n) is 2.49. The van der Waals surface area contributed by atoms with Crippen molar-refractivity contribution in [2.24, 2.45) is 0 Å². The summed E-state index contributed by atoms with van der Waals surface area (Å²) in [5, 5.41) is 7.35. The molecule has 0 aliphatic rings. The van der Waals surface area contributed by atoms with E-state index in [1.165, 1.54) is 0 Å². The van der Waals surface area contributed by atoms with Gasteiger partial charge in [0.05, 0.1) is 12.3 Å². The number of hydrogen-bond donors (Lipinski definition) is 1. The van der Waals surface area contributed by atoms with Crippen LogP contribution in [-0.4, -0.2) is 15.7 Å². The number of hydrogen-bond acceptors (Lipinski definition) is 3. The summed E-state index contributed by atoms with van der Waals surface area (Å²) in [5.41, 5.74) is 2.25. The number of furan rings is 1. The van der Waals surface area contributed by atoms with Gasteiger partial charge in [0, 0.05) is 12.6 Å². The topological polar surface area (TPSA) is 60.1 Å². The highest BCUT2D eigenvalue weighted by molar-refractivity contribution is 5.93. The van der Waals surface area contributed by atoms with E-state index >= 15 is 0 Å². The van der Waals surface area contributed by atoms with Crippen LogP contribution in [-0.2, 0) is 6.54 Å². The number of rotatable bonds is 5. The van der Waals surface area contributed by atoms with Gasteiger partial charge in [0.1, 0.15) is 5.69 Å². The van der Waals surface area contributed by atoms with Crippen molar-refractivity contribution in [1.82, 2.24) is 15.1 Å². The van der Waals surface area contributed by atoms with Gasteiger partial charge >= 0.3 is 0 Å². The second-order valence-electron chi connectivity index (χ2n) is 5.31. The maximum Gasteiger partial charge on any atom is 0.272 e. The predicted octanol–water partition coefficient (Wildman–Crippen LogP) is 3.65. The van der Waals surface area contributed by atoms with Crippen molar-refractivity contribution in [3.8, 4) is 11.5 Å². The third-order valence-electron chi connectivity index (χ3n) is 3.73. The Morgan fingerprint density at radius 3 is 2.70 bits per heavy atom. The van der Waals surface area contributed by atoms with E-state index < -0.39 is 0 Å². The Kier molecular flexibility index (Phi) is 4.28. The van der Waals surface area contributed by atoms with Gasteiger partial charge in [-0.3, -0.25) is 9.48 Å². The van der Waals surface area contributed by atoms with Crippen LogP contribution in [0.25, 0.3) is 11.5 Å². The van der Waals surface area contributed by atoms with Crippen molar-refractivity contribution in [2.45, 2.75) is 26.4 Å². The molecule has 0 saturated carbocycles. The van der Waals surface area contributed by atoms with Gasteiger partial charge < -0.3 is 9.73 Å². The highest BCUT2D eigenvalue weighted by Gasteiger charge is 2.18. The van der Waals surface area contributed by atoms with Crippen molar-refractivity contribution in [3.05, 3.63) is 66.1 Å². The number of benzene rings is 1. The first-order valence-electron chi connectivity index (χ1n) is 7.66. The van der Waals surface area contributed by atoms with E-state index in [2.05, 4.69) is 10.4 Å². The van der Waals surface area contributed by atoms with Gasteiger partial charge in [-0.15, -0.1) is 0 Å². The van der Waals surface area contributed by atoms with E-state index in [1.807, 2.05) is 56.3 Å². The number of amides is 1. The molecule has 2 heterocycles. The molecule has 0 unspecified atom stereocenters. The molecule has 2 aromatic heterocycles. The zero-order valence-electron chi connectivity index (χ0n) is 13.2. The molecule has 0 saturated heterocycles. The number of aryl methyl sites for hydroxylation is 1. The maximum absolute atomic E-state index is 12.5. The largest absolute Gasteiger partial charge is 0.463 e. The Labute approximate surface area is 134 Å². The van der Waals surface area contributed by atoms with Crippen LogP contribution in [0.1, 0.15) is 35.9 Å². The van der Waals surface area contributed by atoms with Crippen molar-refractivity contribution in [1.29, 1.82) is 0 Å². The third kappa shape index (κ3) is 3.18. The fourth-order valence-corrected chi connectivity index (χ4v) is 2.49. The zero-order chi connectivity index (χ0) is 16.2. The highest BCUT2D eigenvalue weighted by Crippen LogP contribution is 2.21. The second kappa shape index (κ2) is 6.52. The molecular formula is C18H19N3O2. The number of nitrogens with zero attached hydrogens (tertiary/aromatic N) is 2. The molecule has 0 spiro atoms. The summed E-state index contributed by atoms with van der Waals surface area (Å²) in [4.78, 5) is 12.5. The summed E-state index contributed by atoms with van der Waals surface area (Å²) in [6.45, 7) is 4.60. The van der Waals surface area contributed by atoms with Crippen LogP contribution in [0.15, 0.2) is 59.2 Å². The predicted molar refractivity (Wildman–Crippen MR) is 87.9 cm³/mol. The van der Waals surface area contributed by atoms with Crippen LogP contribution in [0.3, 0.4) is 0 Å². The molecule has 1 amide bonds. The summed E-state index contributed by atoms with van der Waals surface area (Å²) in [7, 11) is 0. The van der Waals surface area contributed by atoms with E-state index in [9.17, 15) is 4.79 Å². The average Bonchev–Trinajstić information content (AvgIpc) is 3.24. The lowest BCUT2D eigenvalue weighted by Crippen LogP contribution is -2.27. The minimum Gasteiger partial charge on any atom is -0.463 e. The zero-order valence-corrected chi connectivity index (χ0v) is 13.2. The quantitative estimate of drug-likeness (QED) is 0.782. The molecule has 5 heteroatoms. The van der Waals surface area contributed by atoms with Crippen molar-refractivity contribution < 1.29 is 9.21 Å². The lowest BCUT2D eigenvalue weighted by Gasteiger charge is -2.13. The standard InChI is InChI=1S/C18H19N3O2/c1-3-21-16(17-10-7-11-23-17)12-15(20-21)18(22)19-13(2)14-8-5-4-6-9-14/h4-13H,3H2,1-2H3,(H,19,22)/t13-/m0/s1. The fraction of sp³-hybridized carbons (Fsp3) is 0.222. The molecule has 23 heavy (non-hydrogen) atoms. The smallest absolute Gasteiger partial charge is 0.272 e. The molecule has 0 aliphatic heterocycles. The first-order chi connectivity index (χ1) is 11.2. The summed E-state index contributed by atoms with van der Waals surface area (Å²) in [5.74, 6) is 0.510. The molecule has 0 fully saturated rings. The van der Waals surface area contributed by atoms with Crippen LogP contribution in [0.5, 0.6) is 0 Å². The number of aromatic nitrogens is 2. The Morgan fingerprint density at radius 1 is 1.26 bits per heavy atom. The molecular weight excluding hydrogens is 290 g/mol. The molecule has 5 nitrogen and oxygen atoms in total. The monoisotopic (exact) mass is 309 g/mol. The normalized spacial score (nSPS) is 12.1. The van der Waals surface area contributed by atoms with Crippen molar-refractivity contribution in [3.63, 3.8) is 0 Å². The summed E-state index contributed by atoms with van der Waals surface area (Å²) >= 11 is 0. The van der Waals surface area contributed by atoms with Crippen LogP contribution < -0.4 is 5.32 Å². The van der Waals surface area contributed by atoms with Gasteiger partial charge in [0.2, 0.25) is 0 Å². The summed E-state index contributed by atoms with van der Waals surface area (Å²) in [6, 6.07) is 15.2. The molecule has 3 rings (SSSR count). The number of nitrogens with one attached hydrogen (secondary N) is 1. The molecule has 3 aromatic rings. The van der Waals surface area contributed by atoms with Crippen LogP contribution in [0.2, 0.25) is 0 Å². The van der Waals surface area contributed by atoms with Gasteiger partial charge in [-0.2, -0.15) is 5.10 Å². The van der Waals surface area contributed by atoms with Crippen molar-refractivity contribution in [2.75, 3.05) is 0 Å². The van der Waals surface area contributed by atoms with E-state index in [4.69, 9.17) is 4.42 Å². The van der Waals surface area contributed by atoms with Gasteiger partial charge in [-0.05, 0) is 31.5 Å². The average molecular weight is 309 g/mol. The van der Waals surface area contributed by atoms with Gasteiger partial charge in [-0.25, -0.2) is 0 Å². The lowest BCUT2D eigenvalue weighted by molar-refractivity contribution is 0.0934. The Morgan fingerprint density at radius 2 is 2.04 bits per heavy atom. The van der Waals surface area contributed by atoms with Crippen LogP contribution in [0.4, 0.5) is 0 Å². The maximum atomic E-state index is 12.5. The molecule has 1 atom stereocenters. The van der Waals surface area contributed by atoms with Crippen LogP contribution in [0, 0.1) is 0 Å². The molecule has 1 aromatic carbocycles. The third-order valence-corrected chi connectivity index (χ3v) is 3.73. The SMILES string of the molecule is CCn1nc(C(=O)N[C@@H](C)c2ccccc2)cc1-c1ccco1. The molecule has 0 bridgehead atoms. The molecule has 0 radical (unpaired) electrons. The lowest BCUT2D eigenvalue weighted by atomic mass is 10.1. The number of carbonyl (C=O) groups excluding carboxylic acids is 1. The van der Waals surface area contributed by atoms with Gasteiger partial charge in [0.25, 0.3) is 5.91 Å². The highest BCUT2D eigenvalue weighted by atomic mass is 16.3. The number of carbonyl (C=O) groups is 1. The minimum absolute atomic E-state index is 0.0810. The van der Waals surface area contributed by atoms with E-state index in [1.54, 1.807) is 17.0 Å². The molecule has 118 valence electrons. The summed E-state index contributed by atoms with van der Waals surface area (Å²) in [6.07, 6.45) is 1.61.